The summed E-state index contributed by atoms with van der Waals surface area (Å²) in [5.74, 6) is 1.38. The topological polar surface area (TPSA) is 94.1 Å². The molecule has 0 atom stereocenters. The molecule has 3 aromatic rings. The number of carboxylic acid groups (broad SMARTS) is 1. The number of thioether (sulfide) groups is 1. The first kappa shape index (κ1) is 37.8. The van der Waals surface area contributed by atoms with Gasteiger partial charge >= 0.3 is 5.97 Å². The van der Waals surface area contributed by atoms with Crippen molar-refractivity contribution in [1.29, 1.82) is 0 Å². The molecule has 0 spiro atoms. The Hall–Kier alpha value is -3.65. The van der Waals surface area contributed by atoms with Crippen molar-refractivity contribution in [3.63, 3.8) is 0 Å². The Labute approximate surface area is 285 Å². The number of benzene rings is 3. The molecule has 0 aliphatic carbocycles. The molecule has 0 aliphatic rings. The lowest BCUT2D eigenvalue weighted by Crippen LogP contribution is -2.15. The van der Waals surface area contributed by atoms with Crippen molar-refractivity contribution in [2.75, 3.05) is 31.9 Å². The second kappa shape index (κ2) is 22.8. The Bertz CT molecular complexity index is 1310. The van der Waals surface area contributed by atoms with Crippen LogP contribution in [0, 0.1) is 0 Å². The minimum absolute atomic E-state index is 0.185. The van der Waals surface area contributed by atoms with Gasteiger partial charge in [0.2, 0.25) is 5.91 Å². The van der Waals surface area contributed by atoms with Crippen LogP contribution >= 0.6 is 11.8 Å². The average molecular weight is 664 g/mol. The molecule has 0 bridgehead atoms. The summed E-state index contributed by atoms with van der Waals surface area (Å²) in [6.45, 7) is 1.49. The van der Waals surface area contributed by atoms with Crippen LogP contribution < -0.4 is 19.5 Å². The Kier molecular flexibility index (Phi) is 18.3. The van der Waals surface area contributed by atoms with E-state index in [1.807, 2.05) is 54.8 Å². The number of carbonyl (C=O) groups is 2. The van der Waals surface area contributed by atoms with E-state index in [2.05, 4.69) is 5.32 Å². The van der Waals surface area contributed by atoms with E-state index >= 15 is 0 Å². The van der Waals surface area contributed by atoms with E-state index in [-0.39, 0.29) is 17.9 Å². The molecular formula is C39H53NO6S. The lowest BCUT2D eigenvalue weighted by molar-refractivity contribution is -0.115. The third-order valence-electron chi connectivity index (χ3n) is 8.14. The zero-order valence-corrected chi connectivity index (χ0v) is 29.1. The summed E-state index contributed by atoms with van der Waals surface area (Å²) in [7, 11) is 1.67. The van der Waals surface area contributed by atoms with Gasteiger partial charge in [-0.05, 0) is 79.3 Å². The first-order valence-electron chi connectivity index (χ1n) is 17.2. The van der Waals surface area contributed by atoms with E-state index in [0.29, 0.717) is 17.2 Å². The van der Waals surface area contributed by atoms with Crippen LogP contribution in [0.2, 0.25) is 0 Å². The lowest BCUT2D eigenvalue weighted by atomic mass is 10.0. The number of rotatable bonds is 25. The van der Waals surface area contributed by atoms with Gasteiger partial charge < -0.3 is 24.6 Å². The van der Waals surface area contributed by atoms with Crippen molar-refractivity contribution in [2.24, 2.45) is 0 Å². The number of ether oxygens (including phenoxy) is 3. The average Bonchev–Trinajstić information content (AvgIpc) is 3.08. The summed E-state index contributed by atoms with van der Waals surface area (Å²) in [6, 6.07) is 20.3. The van der Waals surface area contributed by atoms with Crippen molar-refractivity contribution >= 4 is 29.3 Å². The van der Waals surface area contributed by atoms with Crippen LogP contribution in [-0.2, 0) is 11.2 Å². The number of unbranched alkanes of at least 4 members (excludes halogenated alkanes) is 13. The van der Waals surface area contributed by atoms with Crippen LogP contribution in [-0.4, -0.2) is 43.6 Å². The fourth-order valence-corrected chi connectivity index (χ4v) is 5.99. The smallest absolute Gasteiger partial charge is 0.336 e. The van der Waals surface area contributed by atoms with Crippen LogP contribution in [0.1, 0.15) is 106 Å². The molecule has 0 heterocycles. The quantitative estimate of drug-likeness (QED) is 0.0688. The predicted molar refractivity (Wildman–Crippen MR) is 193 cm³/mol. The highest BCUT2D eigenvalue weighted by molar-refractivity contribution is 7.98. The highest BCUT2D eigenvalue weighted by Crippen LogP contribution is 2.24. The van der Waals surface area contributed by atoms with Gasteiger partial charge in [0.05, 0.1) is 32.3 Å². The van der Waals surface area contributed by atoms with Gasteiger partial charge in [-0.1, -0.05) is 89.2 Å². The van der Waals surface area contributed by atoms with E-state index in [0.717, 1.165) is 42.3 Å². The molecule has 0 unspecified atom stereocenters. The van der Waals surface area contributed by atoms with Crippen molar-refractivity contribution < 1.29 is 28.9 Å². The summed E-state index contributed by atoms with van der Waals surface area (Å²) in [5, 5.41) is 12.2. The van der Waals surface area contributed by atoms with Gasteiger partial charge in [-0.25, -0.2) is 4.79 Å². The molecule has 0 saturated heterocycles. The van der Waals surface area contributed by atoms with Crippen LogP contribution in [0.3, 0.4) is 0 Å². The molecule has 256 valence electrons. The largest absolute Gasteiger partial charge is 0.497 e. The number of nitrogens with one attached hydrogen (secondary N) is 1. The molecule has 7 nitrogen and oxygen atoms in total. The first-order valence-corrected chi connectivity index (χ1v) is 18.4. The minimum atomic E-state index is -1.01. The molecule has 0 saturated carbocycles. The fraction of sp³-hybridized carbons (Fsp3) is 0.487. The fourth-order valence-electron chi connectivity index (χ4n) is 5.42. The maximum atomic E-state index is 12.5. The van der Waals surface area contributed by atoms with Gasteiger partial charge in [-0.2, -0.15) is 0 Å². The van der Waals surface area contributed by atoms with Gasteiger partial charge in [0.1, 0.15) is 17.2 Å². The van der Waals surface area contributed by atoms with Crippen LogP contribution in [0.15, 0.2) is 71.6 Å². The lowest BCUT2D eigenvalue weighted by Gasteiger charge is -2.10. The number of methoxy groups -OCH3 is 1. The predicted octanol–water partition coefficient (Wildman–Crippen LogP) is 10.2. The maximum absolute atomic E-state index is 12.5. The Morgan fingerprint density at radius 1 is 0.638 bits per heavy atom. The monoisotopic (exact) mass is 663 g/mol. The molecular weight excluding hydrogens is 610 g/mol. The molecule has 0 aliphatic heterocycles. The van der Waals surface area contributed by atoms with Crippen LogP contribution in [0.5, 0.6) is 17.2 Å². The number of hydrogen-bond acceptors (Lipinski definition) is 6. The number of anilines is 1. The minimum Gasteiger partial charge on any atom is -0.497 e. The highest BCUT2D eigenvalue weighted by Gasteiger charge is 2.12. The van der Waals surface area contributed by atoms with E-state index in [9.17, 15) is 14.7 Å². The van der Waals surface area contributed by atoms with Crippen LogP contribution in [0.25, 0.3) is 0 Å². The second-order valence-electron chi connectivity index (χ2n) is 11.9. The van der Waals surface area contributed by atoms with Gasteiger partial charge in [0, 0.05) is 10.6 Å². The van der Waals surface area contributed by atoms with Gasteiger partial charge in [-0.3, -0.25) is 4.79 Å². The maximum Gasteiger partial charge on any atom is 0.336 e. The normalized spacial score (nSPS) is 10.9. The molecule has 0 aromatic heterocycles. The van der Waals surface area contributed by atoms with E-state index in [4.69, 9.17) is 14.2 Å². The molecule has 0 radical (unpaired) electrons. The van der Waals surface area contributed by atoms with Gasteiger partial charge in [0.25, 0.3) is 0 Å². The zero-order valence-electron chi connectivity index (χ0n) is 28.3. The Morgan fingerprint density at radius 2 is 1.09 bits per heavy atom. The highest BCUT2D eigenvalue weighted by atomic mass is 32.2. The molecule has 3 rings (SSSR count). The molecule has 1 amide bonds. The van der Waals surface area contributed by atoms with Crippen molar-refractivity contribution in [3.8, 4) is 17.2 Å². The number of hydrogen-bond donors (Lipinski definition) is 2. The number of aromatic carboxylic acids is 1. The number of carbonyl (C=O) groups excluding carboxylic acids is 1. The molecule has 3 aromatic carbocycles. The van der Waals surface area contributed by atoms with E-state index in [1.54, 1.807) is 19.2 Å². The zero-order chi connectivity index (χ0) is 33.5. The molecule has 47 heavy (non-hydrogen) atoms. The van der Waals surface area contributed by atoms with Crippen LogP contribution in [0.4, 0.5) is 5.69 Å². The van der Waals surface area contributed by atoms with Gasteiger partial charge in [-0.15, -0.1) is 11.8 Å². The summed E-state index contributed by atoms with van der Waals surface area (Å²) in [4.78, 5) is 24.6. The Morgan fingerprint density at radius 3 is 1.53 bits per heavy atom. The van der Waals surface area contributed by atoms with Crippen molar-refractivity contribution in [2.45, 2.75) is 101 Å². The summed E-state index contributed by atoms with van der Waals surface area (Å²) < 4.78 is 16.9. The molecule has 2 N–H and O–H groups in total. The molecule has 0 fully saturated rings. The van der Waals surface area contributed by atoms with Gasteiger partial charge in [0.15, 0.2) is 0 Å². The molecule has 8 heteroatoms. The number of carboxylic acids is 1. The standard InChI is InChI=1S/C39H53NO6S/c1-44-33-22-24-35(25-23-33)46-28-16-14-12-10-8-6-4-3-5-7-9-11-13-15-27-45-34-20-17-31(18-21-34)29-38(41)40-32-19-26-37(47-2)36(30-32)39(42)43/h17-26,30H,3-16,27-29H2,1-2H3,(H,40,41)(H,42,43). The summed E-state index contributed by atoms with van der Waals surface area (Å²) in [6.07, 6.45) is 19.9. The summed E-state index contributed by atoms with van der Waals surface area (Å²) in [5.41, 5.74) is 1.54. The van der Waals surface area contributed by atoms with E-state index < -0.39 is 5.97 Å². The third kappa shape index (κ3) is 15.7. The summed E-state index contributed by atoms with van der Waals surface area (Å²) >= 11 is 1.36. The second-order valence-corrected chi connectivity index (χ2v) is 12.8. The SMILES string of the molecule is COc1ccc(OCCCCCCCCCCCCCCCCOc2ccc(CC(=O)Nc3ccc(SC)c(C(=O)O)c3)cc2)cc1. The third-order valence-corrected chi connectivity index (χ3v) is 8.93. The van der Waals surface area contributed by atoms with E-state index in [1.165, 1.54) is 94.9 Å². The Balaban J connectivity index is 1.10. The first-order chi connectivity index (χ1) is 23.0. The number of amides is 1. The van der Waals surface area contributed by atoms with Crippen molar-refractivity contribution in [3.05, 3.63) is 77.9 Å². The van der Waals surface area contributed by atoms with Crippen molar-refractivity contribution in [1.82, 2.24) is 0 Å².